The summed E-state index contributed by atoms with van der Waals surface area (Å²) in [5, 5.41) is 3.14. The monoisotopic (exact) mass is 226 g/mol. The highest BCUT2D eigenvalue weighted by Crippen LogP contribution is 2.27. The van der Waals surface area contributed by atoms with E-state index in [0.717, 1.165) is 32.2 Å². The maximum atomic E-state index is 12.0. The number of rotatable bonds is 5. The molecule has 2 rings (SSSR count). The maximum Gasteiger partial charge on any atom is 0.317 e. The second-order valence-electron chi connectivity index (χ2n) is 4.85. The molecular weight excluding hydrogens is 204 g/mol. The van der Waals surface area contributed by atoms with Gasteiger partial charge < -0.3 is 15.0 Å². The third-order valence-corrected chi connectivity index (χ3v) is 3.47. The number of nitrogens with one attached hydrogen (secondary N) is 1. The summed E-state index contributed by atoms with van der Waals surface area (Å²) in [4.78, 5) is 14.0. The Labute approximate surface area is 97.3 Å². The first-order valence-corrected chi connectivity index (χ1v) is 6.37. The third-order valence-electron chi connectivity index (χ3n) is 3.47. The number of ether oxygens (including phenoxy) is 1. The average Bonchev–Trinajstić information content (AvgIpc) is 2.98. The highest BCUT2D eigenvalue weighted by Gasteiger charge is 2.33. The molecule has 4 nitrogen and oxygen atoms in total. The van der Waals surface area contributed by atoms with E-state index in [0.29, 0.717) is 18.7 Å². The lowest BCUT2D eigenvalue weighted by atomic mass is 10.2. The smallest absolute Gasteiger partial charge is 0.317 e. The van der Waals surface area contributed by atoms with Gasteiger partial charge in [-0.3, -0.25) is 0 Å². The molecule has 2 saturated carbocycles. The summed E-state index contributed by atoms with van der Waals surface area (Å²) in [5.41, 5.74) is 0. The Balaban J connectivity index is 1.78. The van der Waals surface area contributed by atoms with Crippen LogP contribution in [0.1, 0.15) is 38.5 Å². The standard InChI is InChI=1S/C12H22N2O2/c1-16-9-8-14(11-6-7-11)12(15)13-10-4-2-3-5-10/h10-11H,2-9H2,1H3,(H,13,15). The minimum atomic E-state index is 0.117. The van der Waals surface area contributed by atoms with E-state index in [1.807, 2.05) is 4.90 Å². The van der Waals surface area contributed by atoms with Gasteiger partial charge in [0.25, 0.3) is 0 Å². The fourth-order valence-electron chi connectivity index (χ4n) is 2.35. The molecule has 0 radical (unpaired) electrons. The number of urea groups is 1. The second kappa shape index (κ2) is 5.53. The van der Waals surface area contributed by atoms with Crippen LogP contribution in [0.25, 0.3) is 0 Å². The lowest BCUT2D eigenvalue weighted by Crippen LogP contribution is -2.46. The molecule has 0 unspecified atom stereocenters. The van der Waals surface area contributed by atoms with Crippen molar-refractivity contribution in [2.75, 3.05) is 20.3 Å². The molecule has 16 heavy (non-hydrogen) atoms. The summed E-state index contributed by atoms with van der Waals surface area (Å²) >= 11 is 0. The highest BCUT2D eigenvalue weighted by atomic mass is 16.5. The van der Waals surface area contributed by atoms with Crippen LogP contribution in [0.15, 0.2) is 0 Å². The van der Waals surface area contributed by atoms with Crippen LogP contribution in [0.2, 0.25) is 0 Å². The van der Waals surface area contributed by atoms with Gasteiger partial charge in [-0.1, -0.05) is 12.8 Å². The van der Waals surface area contributed by atoms with Gasteiger partial charge in [0.15, 0.2) is 0 Å². The Bertz CT molecular complexity index is 235. The van der Waals surface area contributed by atoms with E-state index in [9.17, 15) is 4.79 Å². The molecule has 2 fully saturated rings. The fraction of sp³-hybridized carbons (Fsp3) is 0.917. The minimum Gasteiger partial charge on any atom is -0.383 e. The molecule has 92 valence electrons. The van der Waals surface area contributed by atoms with Crippen molar-refractivity contribution in [1.29, 1.82) is 0 Å². The molecular formula is C12H22N2O2. The van der Waals surface area contributed by atoms with Crippen molar-refractivity contribution >= 4 is 6.03 Å². The lowest BCUT2D eigenvalue weighted by Gasteiger charge is -2.24. The number of carbonyl (C=O) groups is 1. The molecule has 1 N–H and O–H groups in total. The van der Waals surface area contributed by atoms with Gasteiger partial charge in [0, 0.05) is 25.7 Å². The van der Waals surface area contributed by atoms with Crippen molar-refractivity contribution in [2.24, 2.45) is 0 Å². The van der Waals surface area contributed by atoms with Crippen LogP contribution in [-0.2, 0) is 4.74 Å². The van der Waals surface area contributed by atoms with Crippen LogP contribution < -0.4 is 5.32 Å². The molecule has 0 bridgehead atoms. The van der Waals surface area contributed by atoms with E-state index in [-0.39, 0.29) is 6.03 Å². The van der Waals surface area contributed by atoms with Crippen molar-refractivity contribution < 1.29 is 9.53 Å². The normalized spacial score (nSPS) is 21.1. The molecule has 0 aromatic rings. The summed E-state index contributed by atoms with van der Waals surface area (Å²) in [7, 11) is 1.68. The van der Waals surface area contributed by atoms with E-state index >= 15 is 0 Å². The van der Waals surface area contributed by atoms with E-state index < -0.39 is 0 Å². The largest absolute Gasteiger partial charge is 0.383 e. The van der Waals surface area contributed by atoms with Crippen LogP contribution in [0, 0.1) is 0 Å². The molecule has 0 aromatic heterocycles. The van der Waals surface area contributed by atoms with Gasteiger partial charge in [-0.05, 0) is 25.7 Å². The zero-order chi connectivity index (χ0) is 11.4. The molecule has 0 saturated heterocycles. The van der Waals surface area contributed by atoms with Crippen LogP contribution >= 0.6 is 0 Å². The Hall–Kier alpha value is -0.770. The summed E-state index contributed by atoms with van der Waals surface area (Å²) in [6.45, 7) is 1.36. The Morgan fingerprint density at radius 1 is 1.31 bits per heavy atom. The van der Waals surface area contributed by atoms with Crippen LogP contribution in [-0.4, -0.2) is 43.3 Å². The maximum absolute atomic E-state index is 12.0. The topological polar surface area (TPSA) is 41.6 Å². The van der Waals surface area contributed by atoms with Crippen molar-refractivity contribution in [2.45, 2.75) is 50.6 Å². The molecule has 0 heterocycles. The summed E-state index contributed by atoms with van der Waals surface area (Å²) in [6.07, 6.45) is 7.12. The van der Waals surface area contributed by atoms with Gasteiger partial charge in [-0.25, -0.2) is 4.79 Å². The Kier molecular flexibility index (Phi) is 4.04. The van der Waals surface area contributed by atoms with E-state index in [1.54, 1.807) is 7.11 Å². The Morgan fingerprint density at radius 3 is 2.56 bits per heavy atom. The quantitative estimate of drug-likeness (QED) is 0.776. The van der Waals surface area contributed by atoms with E-state index in [4.69, 9.17) is 4.74 Å². The van der Waals surface area contributed by atoms with Crippen LogP contribution in [0.4, 0.5) is 4.79 Å². The van der Waals surface area contributed by atoms with Gasteiger partial charge in [0.05, 0.1) is 6.61 Å². The number of hydrogen-bond donors (Lipinski definition) is 1. The second-order valence-corrected chi connectivity index (χ2v) is 4.85. The summed E-state index contributed by atoms with van der Waals surface area (Å²) < 4.78 is 5.05. The average molecular weight is 226 g/mol. The summed E-state index contributed by atoms with van der Waals surface area (Å²) in [5.74, 6) is 0. The predicted octanol–water partition coefficient (Wildman–Crippen LogP) is 1.75. The first-order valence-electron chi connectivity index (χ1n) is 6.37. The molecule has 2 aliphatic carbocycles. The van der Waals surface area contributed by atoms with Gasteiger partial charge in [0.1, 0.15) is 0 Å². The number of methoxy groups -OCH3 is 1. The first-order chi connectivity index (χ1) is 7.81. The molecule has 2 aliphatic rings. The number of nitrogens with zero attached hydrogens (tertiary/aromatic N) is 1. The van der Waals surface area contributed by atoms with E-state index in [2.05, 4.69) is 5.32 Å². The fourth-order valence-corrected chi connectivity index (χ4v) is 2.35. The van der Waals surface area contributed by atoms with E-state index in [1.165, 1.54) is 12.8 Å². The Morgan fingerprint density at radius 2 is 2.00 bits per heavy atom. The summed E-state index contributed by atoms with van der Waals surface area (Å²) in [6, 6.07) is 0.999. The minimum absolute atomic E-state index is 0.117. The zero-order valence-corrected chi connectivity index (χ0v) is 10.1. The number of amides is 2. The van der Waals surface area contributed by atoms with Gasteiger partial charge in [0.2, 0.25) is 0 Å². The van der Waals surface area contributed by atoms with Crippen molar-refractivity contribution in [3.05, 3.63) is 0 Å². The first kappa shape index (κ1) is 11.7. The predicted molar refractivity (Wildman–Crippen MR) is 62.4 cm³/mol. The van der Waals surface area contributed by atoms with Gasteiger partial charge >= 0.3 is 6.03 Å². The van der Waals surface area contributed by atoms with Crippen molar-refractivity contribution in [3.8, 4) is 0 Å². The van der Waals surface area contributed by atoms with Crippen LogP contribution in [0.3, 0.4) is 0 Å². The van der Waals surface area contributed by atoms with Gasteiger partial charge in [-0.15, -0.1) is 0 Å². The van der Waals surface area contributed by atoms with Gasteiger partial charge in [-0.2, -0.15) is 0 Å². The zero-order valence-electron chi connectivity index (χ0n) is 10.1. The van der Waals surface area contributed by atoms with Crippen molar-refractivity contribution in [3.63, 3.8) is 0 Å². The lowest BCUT2D eigenvalue weighted by molar-refractivity contribution is 0.144. The molecule has 0 aromatic carbocycles. The number of hydrogen-bond acceptors (Lipinski definition) is 2. The third kappa shape index (κ3) is 3.11. The molecule has 2 amide bonds. The van der Waals surface area contributed by atoms with Crippen molar-refractivity contribution in [1.82, 2.24) is 10.2 Å². The molecule has 0 atom stereocenters. The molecule has 0 spiro atoms. The number of carbonyl (C=O) groups excluding carboxylic acids is 1. The molecule has 4 heteroatoms. The molecule has 0 aliphatic heterocycles. The highest BCUT2D eigenvalue weighted by molar-refractivity contribution is 5.75. The van der Waals surface area contributed by atoms with Crippen LogP contribution in [0.5, 0.6) is 0 Å². The SMILES string of the molecule is COCCN(C(=O)NC1CCCC1)C1CC1.